The normalized spacial score (nSPS) is 12.0. The fourth-order valence-electron chi connectivity index (χ4n) is 6.74. The van der Waals surface area contributed by atoms with Crippen molar-refractivity contribution < 1.29 is 4.42 Å². The van der Waals surface area contributed by atoms with Crippen LogP contribution in [0, 0.1) is 0 Å². The molecule has 10 rings (SSSR count). The van der Waals surface area contributed by atoms with Gasteiger partial charge in [0.25, 0.3) is 0 Å². The maximum Gasteiger partial charge on any atom is 0.160 e. The monoisotopic (exact) mass is 593 g/mol. The van der Waals surface area contributed by atoms with Crippen LogP contribution >= 0.6 is 11.3 Å². The van der Waals surface area contributed by atoms with Gasteiger partial charge >= 0.3 is 0 Å². The molecule has 4 aromatic heterocycles. The van der Waals surface area contributed by atoms with Crippen molar-refractivity contribution in [2.45, 2.75) is 0 Å². The summed E-state index contributed by atoms with van der Waals surface area (Å²) in [7, 11) is 0. The maximum atomic E-state index is 6.27. The molecule has 0 radical (unpaired) electrons. The molecule has 0 aliphatic carbocycles. The van der Waals surface area contributed by atoms with E-state index in [1.807, 2.05) is 30.3 Å². The van der Waals surface area contributed by atoms with E-state index < -0.39 is 0 Å². The molecule has 0 aliphatic heterocycles. The highest BCUT2D eigenvalue weighted by Gasteiger charge is 2.19. The summed E-state index contributed by atoms with van der Waals surface area (Å²) in [5.74, 6) is 0.740. The molecule has 0 bridgehead atoms. The average Bonchev–Trinajstić information content (AvgIpc) is 3.76. The minimum Gasteiger partial charge on any atom is -0.456 e. The number of benzene rings is 6. The zero-order valence-electron chi connectivity index (χ0n) is 23.9. The van der Waals surface area contributed by atoms with Crippen molar-refractivity contribution in [1.82, 2.24) is 14.5 Å². The summed E-state index contributed by atoms with van der Waals surface area (Å²) < 4.78 is 11.0. The molecule has 4 heterocycles. The van der Waals surface area contributed by atoms with E-state index in [1.165, 1.54) is 20.9 Å². The summed E-state index contributed by atoms with van der Waals surface area (Å²) in [6, 6.07) is 48.9. The first kappa shape index (κ1) is 24.6. The number of thiophene rings is 1. The van der Waals surface area contributed by atoms with Crippen LogP contribution in [-0.2, 0) is 0 Å². The van der Waals surface area contributed by atoms with Crippen LogP contribution in [0.1, 0.15) is 0 Å². The lowest BCUT2D eigenvalue weighted by Gasteiger charge is -2.10. The van der Waals surface area contributed by atoms with Gasteiger partial charge in [0.2, 0.25) is 0 Å². The molecule has 6 aromatic carbocycles. The number of furan rings is 1. The smallest absolute Gasteiger partial charge is 0.160 e. The van der Waals surface area contributed by atoms with Gasteiger partial charge in [0.05, 0.1) is 26.9 Å². The Balaban J connectivity index is 1.19. The van der Waals surface area contributed by atoms with Crippen molar-refractivity contribution in [1.29, 1.82) is 0 Å². The van der Waals surface area contributed by atoms with Gasteiger partial charge in [-0.3, -0.25) is 0 Å². The van der Waals surface area contributed by atoms with Crippen LogP contribution in [0.4, 0.5) is 0 Å². The fourth-order valence-corrected chi connectivity index (χ4v) is 7.89. The third kappa shape index (κ3) is 3.65. The van der Waals surface area contributed by atoms with E-state index in [1.54, 1.807) is 11.3 Å². The van der Waals surface area contributed by atoms with Crippen LogP contribution in [0.3, 0.4) is 0 Å². The van der Waals surface area contributed by atoms with E-state index >= 15 is 0 Å². The van der Waals surface area contributed by atoms with E-state index in [0.29, 0.717) is 0 Å². The molecule has 5 heteroatoms. The first-order valence-electron chi connectivity index (χ1n) is 15.0. The van der Waals surface area contributed by atoms with Gasteiger partial charge in [-0.2, -0.15) is 0 Å². The van der Waals surface area contributed by atoms with Crippen LogP contribution in [0.5, 0.6) is 0 Å². The topological polar surface area (TPSA) is 43.9 Å². The quantitative estimate of drug-likeness (QED) is 0.205. The van der Waals surface area contributed by atoms with E-state index in [2.05, 4.69) is 114 Å². The molecule has 0 unspecified atom stereocenters. The Morgan fingerprint density at radius 1 is 0.511 bits per heavy atom. The minimum absolute atomic E-state index is 0.740. The summed E-state index contributed by atoms with van der Waals surface area (Å²) in [6.45, 7) is 0. The first-order valence-corrected chi connectivity index (χ1v) is 15.8. The number of rotatable bonds is 3. The molecule has 45 heavy (non-hydrogen) atoms. The minimum atomic E-state index is 0.740. The van der Waals surface area contributed by atoms with Crippen LogP contribution in [0.15, 0.2) is 144 Å². The van der Waals surface area contributed by atoms with Crippen molar-refractivity contribution in [3.63, 3.8) is 0 Å². The van der Waals surface area contributed by atoms with Crippen LogP contribution in [-0.4, -0.2) is 14.5 Å². The number of hydrogen-bond donors (Lipinski definition) is 0. The number of nitrogens with zero attached hydrogens (tertiary/aromatic N) is 3. The third-order valence-electron chi connectivity index (χ3n) is 8.82. The molecular weight excluding hydrogens is 571 g/mol. The van der Waals surface area contributed by atoms with E-state index in [0.717, 1.165) is 71.5 Å². The van der Waals surface area contributed by atoms with Crippen molar-refractivity contribution in [2.75, 3.05) is 0 Å². The van der Waals surface area contributed by atoms with Gasteiger partial charge in [0.15, 0.2) is 5.82 Å². The number of para-hydroxylation sites is 2. The lowest BCUT2D eigenvalue weighted by molar-refractivity contribution is 0.669. The summed E-state index contributed by atoms with van der Waals surface area (Å²) in [6.07, 6.45) is 0. The highest BCUT2D eigenvalue weighted by molar-refractivity contribution is 7.26. The second-order valence-electron chi connectivity index (χ2n) is 11.4. The average molecular weight is 594 g/mol. The fraction of sp³-hybridized carbons (Fsp3) is 0. The van der Waals surface area contributed by atoms with E-state index in [9.17, 15) is 0 Å². The summed E-state index contributed by atoms with van der Waals surface area (Å²) in [5, 5.41) is 5.80. The summed E-state index contributed by atoms with van der Waals surface area (Å²) in [4.78, 5) is 10.2. The van der Waals surface area contributed by atoms with Crippen LogP contribution < -0.4 is 0 Å². The molecule has 0 atom stereocenters. The van der Waals surface area contributed by atoms with Gasteiger partial charge in [0, 0.05) is 48.4 Å². The molecule has 0 spiro atoms. The molecule has 0 fully saturated rings. The van der Waals surface area contributed by atoms with E-state index in [4.69, 9.17) is 14.4 Å². The van der Waals surface area contributed by atoms with Gasteiger partial charge in [-0.05, 0) is 42.5 Å². The maximum absolute atomic E-state index is 6.27. The number of aromatic nitrogens is 3. The third-order valence-corrected chi connectivity index (χ3v) is 9.99. The van der Waals surface area contributed by atoms with Crippen molar-refractivity contribution in [3.05, 3.63) is 140 Å². The summed E-state index contributed by atoms with van der Waals surface area (Å²) in [5.41, 5.74) is 9.28. The number of fused-ring (bicyclic) bond motifs is 9. The van der Waals surface area contributed by atoms with Gasteiger partial charge in [0.1, 0.15) is 11.2 Å². The second kappa shape index (κ2) is 9.36. The SMILES string of the molecule is c1ccc(-c2nc(-c3ccc(-n4c5ccccc5c5cc6oc7ccccc7c6cc54)cc3)c3sc4ccccc4c3n2)cc1. The van der Waals surface area contributed by atoms with Crippen molar-refractivity contribution >= 4 is 75.4 Å². The Bertz CT molecular complexity index is 2750. The molecule has 4 nitrogen and oxygen atoms in total. The van der Waals surface area contributed by atoms with Crippen LogP contribution in [0.25, 0.3) is 92.4 Å². The first-order chi connectivity index (χ1) is 22.3. The second-order valence-corrected chi connectivity index (χ2v) is 12.5. The lowest BCUT2D eigenvalue weighted by Crippen LogP contribution is -1.95. The summed E-state index contributed by atoms with van der Waals surface area (Å²) >= 11 is 1.76. The Morgan fingerprint density at radius 2 is 1.24 bits per heavy atom. The van der Waals surface area contributed by atoms with Gasteiger partial charge < -0.3 is 8.98 Å². The van der Waals surface area contributed by atoms with E-state index in [-0.39, 0.29) is 0 Å². The standard InChI is InChI=1S/C40H23N3OS/c1-2-10-25(11-3-1)40-41-37(39-38(42-40)29-14-6-9-17-36(29)45-39)24-18-20-26(21-19-24)43-32-15-7-4-12-27(32)30-23-35-31(22-33(30)43)28-13-5-8-16-34(28)44-35/h1-23H. The largest absolute Gasteiger partial charge is 0.456 e. The van der Waals surface area contributed by atoms with Crippen LogP contribution in [0.2, 0.25) is 0 Å². The lowest BCUT2D eigenvalue weighted by atomic mass is 10.1. The highest BCUT2D eigenvalue weighted by atomic mass is 32.1. The molecule has 210 valence electrons. The van der Waals surface area contributed by atoms with Gasteiger partial charge in [-0.15, -0.1) is 11.3 Å². The molecule has 0 saturated heterocycles. The molecule has 0 aliphatic rings. The van der Waals surface area contributed by atoms with Crippen molar-refractivity contribution in [2.24, 2.45) is 0 Å². The zero-order chi connectivity index (χ0) is 29.5. The molecule has 0 saturated carbocycles. The Hall–Kier alpha value is -5.78. The molecule has 0 amide bonds. The predicted octanol–water partition coefficient (Wildman–Crippen LogP) is 11.2. The van der Waals surface area contributed by atoms with Crippen molar-refractivity contribution in [3.8, 4) is 28.3 Å². The molecular formula is C40H23N3OS. The highest BCUT2D eigenvalue weighted by Crippen LogP contribution is 2.41. The Morgan fingerprint density at radius 3 is 2.11 bits per heavy atom. The Labute approximate surface area is 261 Å². The van der Waals surface area contributed by atoms with Gasteiger partial charge in [-0.1, -0.05) is 97.1 Å². The molecule has 0 N–H and O–H groups in total. The Kier molecular flexibility index (Phi) is 5.12. The zero-order valence-corrected chi connectivity index (χ0v) is 24.8. The van der Waals surface area contributed by atoms with Gasteiger partial charge in [-0.25, -0.2) is 9.97 Å². The number of hydrogen-bond acceptors (Lipinski definition) is 4. The predicted molar refractivity (Wildman–Crippen MR) is 187 cm³/mol. The molecule has 10 aromatic rings.